The maximum atomic E-state index is 12.5. The zero-order valence-corrected chi connectivity index (χ0v) is 14.3. The predicted octanol–water partition coefficient (Wildman–Crippen LogP) is 5.65. The van der Waals surface area contributed by atoms with Crippen molar-refractivity contribution in [2.45, 2.75) is 6.42 Å². The highest BCUT2D eigenvalue weighted by Gasteiger charge is 2.11. The van der Waals surface area contributed by atoms with Gasteiger partial charge in [-0.2, -0.15) is 0 Å². The lowest BCUT2D eigenvalue weighted by Gasteiger charge is -2.11. The summed E-state index contributed by atoms with van der Waals surface area (Å²) in [4.78, 5) is 12.5. The Labute approximate surface area is 152 Å². The summed E-state index contributed by atoms with van der Waals surface area (Å²) < 4.78 is 5.75. The maximum Gasteiger partial charge on any atom is 0.315 e. The average molecular weight is 338 g/mol. The normalized spacial score (nSPS) is 10.6. The van der Waals surface area contributed by atoms with E-state index in [9.17, 15) is 4.79 Å². The van der Waals surface area contributed by atoms with Crippen LogP contribution in [-0.2, 0) is 11.2 Å². The van der Waals surface area contributed by atoms with Gasteiger partial charge in [0.2, 0.25) is 0 Å². The predicted molar refractivity (Wildman–Crippen MR) is 105 cm³/mol. The number of rotatable bonds is 4. The number of esters is 1. The van der Waals surface area contributed by atoms with Gasteiger partial charge in [-0.15, -0.1) is 0 Å². The molecule has 0 aliphatic carbocycles. The molecule has 0 heterocycles. The third kappa shape index (κ3) is 3.50. The number of benzene rings is 4. The average Bonchev–Trinajstić information content (AvgIpc) is 2.69. The zero-order valence-electron chi connectivity index (χ0n) is 14.3. The van der Waals surface area contributed by atoms with Crippen LogP contribution < -0.4 is 4.74 Å². The van der Waals surface area contributed by atoms with E-state index in [1.54, 1.807) is 0 Å². The Morgan fingerprint density at radius 1 is 0.692 bits per heavy atom. The number of hydrogen-bond donors (Lipinski definition) is 0. The second-order valence-corrected chi connectivity index (χ2v) is 6.20. The quantitative estimate of drug-likeness (QED) is 0.355. The van der Waals surface area contributed by atoms with E-state index >= 15 is 0 Å². The Bertz CT molecular complexity index is 1040. The molecule has 126 valence electrons. The number of carbonyl (C=O) groups is 1. The topological polar surface area (TPSA) is 26.3 Å². The molecule has 0 amide bonds. The maximum absolute atomic E-state index is 12.5. The summed E-state index contributed by atoms with van der Waals surface area (Å²) in [5.74, 6) is 0.342. The van der Waals surface area contributed by atoms with E-state index in [2.05, 4.69) is 18.2 Å². The van der Waals surface area contributed by atoms with Crippen molar-refractivity contribution >= 4 is 16.7 Å². The minimum atomic E-state index is -0.258. The molecular weight excluding hydrogens is 320 g/mol. The van der Waals surface area contributed by atoms with Gasteiger partial charge in [0.15, 0.2) is 0 Å². The summed E-state index contributed by atoms with van der Waals surface area (Å²) in [6.45, 7) is 0. The number of fused-ring (bicyclic) bond motifs is 1. The Kier molecular flexibility index (Phi) is 4.48. The highest BCUT2D eigenvalue weighted by Crippen LogP contribution is 2.32. The molecule has 0 unspecified atom stereocenters. The summed E-state index contributed by atoms with van der Waals surface area (Å²) in [6.07, 6.45) is 0.255. The van der Waals surface area contributed by atoms with Gasteiger partial charge >= 0.3 is 5.97 Å². The first kappa shape index (κ1) is 16.1. The van der Waals surface area contributed by atoms with Crippen LogP contribution in [0, 0.1) is 0 Å². The second-order valence-electron chi connectivity index (χ2n) is 6.20. The van der Waals surface area contributed by atoms with Crippen LogP contribution in [-0.4, -0.2) is 5.97 Å². The van der Waals surface area contributed by atoms with E-state index in [-0.39, 0.29) is 12.4 Å². The second kappa shape index (κ2) is 7.24. The number of carbonyl (C=O) groups excluding carboxylic acids is 1. The van der Waals surface area contributed by atoms with Crippen molar-refractivity contribution in [1.82, 2.24) is 0 Å². The molecular formula is C24H18O2. The van der Waals surface area contributed by atoms with Gasteiger partial charge in [0.25, 0.3) is 0 Å². The van der Waals surface area contributed by atoms with E-state index in [1.165, 1.54) is 0 Å². The summed E-state index contributed by atoms with van der Waals surface area (Å²) in [5, 5.41) is 1.99. The molecule has 0 saturated heterocycles. The van der Waals surface area contributed by atoms with Crippen LogP contribution >= 0.6 is 0 Å². The van der Waals surface area contributed by atoms with Crippen LogP contribution in [0.15, 0.2) is 97.1 Å². The van der Waals surface area contributed by atoms with Gasteiger partial charge in [0.05, 0.1) is 6.42 Å². The first-order valence-corrected chi connectivity index (χ1v) is 8.62. The van der Waals surface area contributed by atoms with E-state index in [4.69, 9.17) is 4.74 Å². The van der Waals surface area contributed by atoms with Crippen molar-refractivity contribution in [3.05, 3.63) is 103 Å². The lowest BCUT2D eigenvalue weighted by atomic mass is 10.0. The minimum Gasteiger partial charge on any atom is -0.426 e. The number of hydrogen-bond acceptors (Lipinski definition) is 2. The molecule has 0 N–H and O–H groups in total. The molecule has 0 radical (unpaired) electrons. The van der Waals surface area contributed by atoms with E-state index in [0.29, 0.717) is 5.75 Å². The van der Waals surface area contributed by atoms with Crippen LogP contribution in [0.1, 0.15) is 5.56 Å². The Balaban J connectivity index is 1.70. The third-order valence-electron chi connectivity index (χ3n) is 4.35. The standard InChI is InChI=1S/C24H18O2/c25-24(15-18-9-3-1-4-10-18)26-23-17-21(19-11-5-2-6-12-19)16-20-13-7-8-14-22(20)23/h1-14,16-17H,15H2. The molecule has 0 saturated carbocycles. The van der Waals surface area contributed by atoms with Gasteiger partial charge in [0.1, 0.15) is 5.75 Å². The smallest absolute Gasteiger partial charge is 0.315 e. The monoisotopic (exact) mass is 338 g/mol. The van der Waals surface area contributed by atoms with Crippen molar-refractivity contribution in [3.63, 3.8) is 0 Å². The van der Waals surface area contributed by atoms with Crippen LogP contribution in [0.4, 0.5) is 0 Å². The van der Waals surface area contributed by atoms with Gasteiger partial charge in [-0.25, -0.2) is 0 Å². The lowest BCUT2D eigenvalue weighted by Crippen LogP contribution is -2.11. The Hall–Kier alpha value is -3.39. The molecule has 4 rings (SSSR count). The molecule has 4 aromatic rings. The Morgan fingerprint density at radius 2 is 1.35 bits per heavy atom. The number of ether oxygens (including phenoxy) is 1. The van der Waals surface area contributed by atoms with Crippen molar-refractivity contribution in [1.29, 1.82) is 0 Å². The Morgan fingerprint density at radius 3 is 2.12 bits per heavy atom. The summed E-state index contributed by atoms with van der Waals surface area (Å²) in [6, 6.07) is 31.8. The first-order valence-electron chi connectivity index (χ1n) is 8.62. The first-order chi connectivity index (χ1) is 12.8. The molecule has 0 atom stereocenters. The van der Waals surface area contributed by atoms with Crippen molar-refractivity contribution in [2.24, 2.45) is 0 Å². The van der Waals surface area contributed by atoms with Crippen LogP contribution in [0.2, 0.25) is 0 Å². The molecule has 4 aromatic carbocycles. The van der Waals surface area contributed by atoms with E-state index in [0.717, 1.165) is 27.5 Å². The van der Waals surface area contributed by atoms with Crippen molar-refractivity contribution in [3.8, 4) is 16.9 Å². The van der Waals surface area contributed by atoms with Gasteiger partial charge < -0.3 is 4.74 Å². The minimum absolute atomic E-state index is 0.255. The van der Waals surface area contributed by atoms with E-state index in [1.807, 2.05) is 78.9 Å². The summed E-state index contributed by atoms with van der Waals surface area (Å²) in [7, 11) is 0. The molecule has 2 heteroatoms. The summed E-state index contributed by atoms with van der Waals surface area (Å²) in [5.41, 5.74) is 3.08. The van der Waals surface area contributed by atoms with Gasteiger partial charge in [0, 0.05) is 5.39 Å². The molecule has 0 spiro atoms. The molecule has 0 aliphatic rings. The fraction of sp³-hybridized carbons (Fsp3) is 0.0417. The zero-order chi connectivity index (χ0) is 17.8. The van der Waals surface area contributed by atoms with Gasteiger partial charge in [-0.05, 0) is 34.2 Å². The molecule has 2 nitrogen and oxygen atoms in total. The fourth-order valence-electron chi connectivity index (χ4n) is 3.08. The molecule has 0 aromatic heterocycles. The van der Waals surface area contributed by atoms with Crippen molar-refractivity contribution in [2.75, 3.05) is 0 Å². The van der Waals surface area contributed by atoms with Crippen LogP contribution in [0.3, 0.4) is 0 Å². The molecule has 0 fully saturated rings. The highest BCUT2D eigenvalue weighted by atomic mass is 16.5. The molecule has 0 aliphatic heterocycles. The van der Waals surface area contributed by atoms with Gasteiger partial charge in [-0.1, -0.05) is 84.9 Å². The molecule has 0 bridgehead atoms. The SMILES string of the molecule is O=C(Cc1ccccc1)Oc1cc(-c2ccccc2)cc2ccccc12. The van der Waals surface area contributed by atoms with E-state index < -0.39 is 0 Å². The highest BCUT2D eigenvalue weighted by molar-refractivity contribution is 5.94. The third-order valence-corrected chi connectivity index (χ3v) is 4.35. The van der Waals surface area contributed by atoms with Crippen LogP contribution in [0.25, 0.3) is 21.9 Å². The van der Waals surface area contributed by atoms with Crippen molar-refractivity contribution < 1.29 is 9.53 Å². The fourth-order valence-corrected chi connectivity index (χ4v) is 3.08. The molecule has 26 heavy (non-hydrogen) atoms. The lowest BCUT2D eigenvalue weighted by molar-refractivity contribution is -0.133. The largest absolute Gasteiger partial charge is 0.426 e. The van der Waals surface area contributed by atoms with Gasteiger partial charge in [-0.3, -0.25) is 4.79 Å². The van der Waals surface area contributed by atoms with Crippen LogP contribution in [0.5, 0.6) is 5.75 Å². The summed E-state index contributed by atoms with van der Waals surface area (Å²) >= 11 is 0.